The Hall–Kier alpha value is -3.38. The molecule has 2 aromatic carbocycles. The molecule has 0 N–H and O–H groups in total. The molecule has 31 heavy (non-hydrogen) atoms. The summed E-state index contributed by atoms with van der Waals surface area (Å²) in [6.45, 7) is 4.35. The van der Waals surface area contributed by atoms with Crippen LogP contribution in [0.25, 0.3) is 17.1 Å². The van der Waals surface area contributed by atoms with E-state index in [4.69, 9.17) is 18.9 Å². The highest BCUT2D eigenvalue weighted by Gasteiger charge is 2.22. The molecule has 0 bridgehead atoms. The van der Waals surface area contributed by atoms with Crippen LogP contribution < -0.4 is 18.9 Å². The average molecular weight is 441 g/mol. The lowest BCUT2D eigenvalue weighted by molar-refractivity contribution is 0.324. The highest BCUT2D eigenvalue weighted by Crippen LogP contribution is 2.42. The van der Waals surface area contributed by atoms with Gasteiger partial charge in [0.05, 0.1) is 39.3 Å². The van der Waals surface area contributed by atoms with Crippen molar-refractivity contribution in [3.05, 3.63) is 36.4 Å². The van der Waals surface area contributed by atoms with Crippen molar-refractivity contribution < 1.29 is 18.9 Å². The molecule has 0 aliphatic carbocycles. The zero-order chi connectivity index (χ0) is 22.4. The van der Waals surface area contributed by atoms with Gasteiger partial charge in [-0.25, -0.2) is 0 Å². The smallest absolute Gasteiger partial charge is 0.203 e. The molecule has 1 unspecified atom stereocenters. The van der Waals surface area contributed by atoms with E-state index in [-0.39, 0.29) is 5.25 Å². The van der Waals surface area contributed by atoms with Gasteiger partial charge in [-0.3, -0.25) is 4.57 Å². The van der Waals surface area contributed by atoms with Gasteiger partial charge in [0, 0.05) is 11.3 Å². The number of aromatic nitrogens is 3. The van der Waals surface area contributed by atoms with Crippen LogP contribution in [0.5, 0.6) is 23.0 Å². The van der Waals surface area contributed by atoms with E-state index in [1.807, 2.05) is 54.8 Å². The molecule has 0 fully saturated rings. The van der Waals surface area contributed by atoms with Crippen LogP contribution in [0.1, 0.15) is 13.8 Å². The average Bonchev–Trinajstić information content (AvgIpc) is 3.21. The van der Waals surface area contributed by atoms with Crippen LogP contribution in [0.15, 0.2) is 41.6 Å². The summed E-state index contributed by atoms with van der Waals surface area (Å²) in [5.41, 5.74) is 1.57. The van der Waals surface area contributed by atoms with E-state index in [9.17, 15) is 5.26 Å². The summed E-state index contributed by atoms with van der Waals surface area (Å²) < 4.78 is 23.9. The van der Waals surface area contributed by atoms with Gasteiger partial charge in [0.2, 0.25) is 5.75 Å². The fourth-order valence-corrected chi connectivity index (χ4v) is 3.77. The second kappa shape index (κ2) is 10.1. The van der Waals surface area contributed by atoms with Crippen LogP contribution in [0.2, 0.25) is 0 Å². The third-order valence-electron chi connectivity index (χ3n) is 4.43. The highest BCUT2D eigenvalue weighted by molar-refractivity contribution is 8.00. The molecule has 1 heterocycles. The van der Waals surface area contributed by atoms with Crippen molar-refractivity contribution in [1.82, 2.24) is 14.8 Å². The predicted octanol–water partition coefficient (Wildman–Crippen LogP) is 4.36. The zero-order valence-electron chi connectivity index (χ0n) is 18.1. The van der Waals surface area contributed by atoms with Crippen molar-refractivity contribution in [3.8, 4) is 46.1 Å². The van der Waals surface area contributed by atoms with Crippen LogP contribution in [0, 0.1) is 11.3 Å². The van der Waals surface area contributed by atoms with Gasteiger partial charge in [0.1, 0.15) is 5.75 Å². The van der Waals surface area contributed by atoms with Gasteiger partial charge in [-0.15, -0.1) is 10.2 Å². The van der Waals surface area contributed by atoms with Crippen molar-refractivity contribution in [2.75, 3.05) is 27.9 Å². The van der Waals surface area contributed by atoms with E-state index in [0.29, 0.717) is 34.8 Å². The van der Waals surface area contributed by atoms with Gasteiger partial charge < -0.3 is 18.9 Å². The first-order valence-electron chi connectivity index (χ1n) is 9.61. The molecule has 0 saturated carbocycles. The number of ether oxygens (including phenoxy) is 4. The Bertz CT molecular complexity index is 1050. The lowest BCUT2D eigenvalue weighted by atomic mass is 10.1. The minimum absolute atomic E-state index is 0.293. The first kappa shape index (κ1) is 22.3. The summed E-state index contributed by atoms with van der Waals surface area (Å²) in [7, 11) is 4.68. The molecule has 9 heteroatoms. The Kier molecular flexibility index (Phi) is 7.26. The van der Waals surface area contributed by atoms with E-state index in [2.05, 4.69) is 16.3 Å². The van der Waals surface area contributed by atoms with Crippen LogP contribution >= 0.6 is 11.8 Å². The Labute approximate surface area is 185 Å². The van der Waals surface area contributed by atoms with Gasteiger partial charge in [0.25, 0.3) is 0 Å². The number of methoxy groups -OCH3 is 3. The molecule has 0 aliphatic heterocycles. The topological polar surface area (TPSA) is 91.4 Å². The van der Waals surface area contributed by atoms with Gasteiger partial charge in [-0.1, -0.05) is 11.8 Å². The summed E-state index contributed by atoms with van der Waals surface area (Å²) in [6, 6.07) is 13.5. The zero-order valence-corrected chi connectivity index (χ0v) is 18.9. The van der Waals surface area contributed by atoms with E-state index < -0.39 is 0 Å². The summed E-state index contributed by atoms with van der Waals surface area (Å²) in [5.74, 6) is 2.87. The number of hydrogen-bond acceptors (Lipinski definition) is 8. The summed E-state index contributed by atoms with van der Waals surface area (Å²) in [5, 5.41) is 18.3. The fraction of sp³-hybridized carbons (Fsp3) is 0.318. The Morgan fingerprint density at radius 2 is 1.68 bits per heavy atom. The second-order valence-electron chi connectivity index (χ2n) is 6.37. The largest absolute Gasteiger partial charge is 0.494 e. The molecule has 0 saturated heterocycles. The number of thioether (sulfide) groups is 1. The molecule has 8 nitrogen and oxygen atoms in total. The third-order valence-corrected chi connectivity index (χ3v) is 5.36. The Balaban J connectivity index is 2.18. The first-order chi connectivity index (χ1) is 15.1. The molecule has 0 amide bonds. The quantitative estimate of drug-likeness (QED) is 0.453. The number of benzene rings is 2. The molecule has 3 rings (SSSR count). The van der Waals surface area contributed by atoms with Crippen molar-refractivity contribution >= 4 is 11.8 Å². The van der Waals surface area contributed by atoms with Crippen LogP contribution in [-0.4, -0.2) is 48.0 Å². The van der Waals surface area contributed by atoms with E-state index in [1.54, 1.807) is 21.3 Å². The normalized spacial score (nSPS) is 11.5. The monoisotopic (exact) mass is 440 g/mol. The number of hydrogen-bond donors (Lipinski definition) is 0. The summed E-state index contributed by atoms with van der Waals surface area (Å²) >= 11 is 1.33. The van der Waals surface area contributed by atoms with Crippen LogP contribution in [-0.2, 0) is 0 Å². The third kappa shape index (κ3) is 4.70. The standard InChI is InChI=1S/C22H24N4O4S/c1-6-30-17-9-7-16(8-10-17)26-21(24-25-22(26)31-14(2)13-23)15-11-18(27-3)20(29-5)19(12-15)28-4/h7-12,14H,6H2,1-5H3. The predicted molar refractivity (Wildman–Crippen MR) is 119 cm³/mol. The van der Waals surface area contributed by atoms with Gasteiger partial charge in [-0.2, -0.15) is 5.26 Å². The number of nitriles is 1. The lowest BCUT2D eigenvalue weighted by Gasteiger charge is -2.15. The molecule has 3 aromatic rings. The van der Waals surface area contributed by atoms with Crippen LogP contribution in [0.4, 0.5) is 0 Å². The minimum Gasteiger partial charge on any atom is -0.494 e. The SMILES string of the molecule is CCOc1ccc(-n2c(SC(C)C#N)nnc2-c2cc(OC)c(OC)c(OC)c2)cc1. The second-order valence-corrected chi connectivity index (χ2v) is 7.68. The Morgan fingerprint density at radius 3 is 2.19 bits per heavy atom. The molecular weight excluding hydrogens is 416 g/mol. The van der Waals surface area contributed by atoms with Gasteiger partial charge >= 0.3 is 0 Å². The van der Waals surface area contributed by atoms with Crippen molar-refractivity contribution in [3.63, 3.8) is 0 Å². The number of rotatable bonds is 9. The molecule has 0 aliphatic rings. The lowest BCUT2D eigenvalue weighted by Crippen LogP contribution is -2.03. The van der Waals surface area contributed by atoms with Crippen molar-refractivity contribution in [2.45, 2.75) is 24.3 Å². The van der Waals surface area contributed by atoms with Crippen molar-refractivity contribution in [2.24, 2.45) is 0 Å². The fourth-order valence-electron chi connectivity index (χ4n) is 3.02. The highest BCUT2D eigenvalue weighted by atomic mass is 32.2. The molecule has 1 aromatic heterocycles. The molecule has 162 valence electrons. The van der Waals surface area contributed by atoms with Gasteiger partial charge in [0.15, 0.2) is 22.5 Å². The molecular formula is C22H24N4O4S. The van der Waals surface area contributed by atoms with E-state index >= 15 is 0 Å². The minimum atomic E-state index is -0.293. The summed E-state index contributed by atoms with van der Waals surface area (Å²) in [4.78, 5) is 0. The summed E-state index contributed by atoms with van der Waals surface area (Å²) in [6.07, 6.45) is 0. The van der Waals surface area contributed by atoms with E-state index in [0.717, 1.165) is 17.0 Å². The number of nitrogens with zero attached hydrogens (tertiary/aromatic N) is 4. The Morgan fingerprint density at radius 1 is 1.03 bits per heavy atom. The van der Waals surface area contributed by atoms with Crippen molar-refractivity contribution in [1.29, 1.82) is 5.26 Å². The molecule has 1 atom stereocenters. The first-order valence-corrected chi connectivity index (χ1v) is 10.5. The van der Waals surface area contributed by atoms with Crippen LogP contribution in [0.3, 0.4) is 0 Å². The molecule has 0 radical (unpaired) electrons. The van der Waals surface area contributed by atoms with Gasteiger partial charge in [-0.05, 0) is 50.2 Å². The maximum Gasteiger partial charge on any atom is 0.203 e. The maximum absolute atomic E-state index is 9.28. The van der Waals surface area contributed by atoms with E-state index in [1.165, 1.54) is 11.8 Å². The molecule has 0 spiro atoms. The maximum atomic E-state index is 9.28.